The highest BCUT2D eigenvalue weighted by Crippen LogP contribution is 2.35. The molecule has 98 valence electrons. The lowest BCUT2D eigenvalue weighted by atomic mass is 9.94. The zero-order chi connectivity index (χ0) is 14.0. The highest BCUT2D eigenvalue weighted by Gasteiger charge is 2.14. The molecule has 0 atom stereocenters. The van der Waals surface area contributed by atoms with Gasteiger partial charge in [-0.05, 0) is 48.7 Å². The van der Waals surface area contributed by atoms with E-state index in [1.807, 2.05) is 32.0 Å². The van der Waals surface area contributed by atoms with Gasteiger partial charge in [-0.1, -0.05) is 18.2 Å². The van der Waals surface area contributed by atoms with Gasteiger partial charge in [-0.3, -0.25) is 0 Å². The Hall–Kier alpha value is -2.29. The highest BCUT2D eigenvalue weighted by molar-refractivity contribution is 5.91. The maximum atomic E-state index is 11.1. The fourth-order valence-electron chi connectivity index (χ4n) is 2.28. The van der Waals surface area contributed by atoms with Crippen LogP contribution in [0.15, 0.2) is 36.4 Å². The van der Waals surface area contributed by atoms with Crippen LogP contribution in [-0.2, 0) is 0 Å². The van der Waals surface area contributed by atoms with E-state index in [4.69, 9.17) is 9.84 Å². The Bertz CT molecular complexity index is 610. The molecule has 0 aromatic heterocycles. The van der Waals surface area contributed by atoms with Gasteiger partial charge in [0.2, 0.25) is 0 Å². The Morgan fingerprint density at radius 1 is 1.11 bits per heavy atom. The lowest BCUT2D eigenvalue weighted by molar-refractivity contribution is 0.0697. The maximum absolute atomic E-state index is 11.1. The van der Waals surface area contributed by atoms with E-state index in [2.05, 4.69) is 0 Å². The summed E-state index contributed by atoms with van der Waals surface area (Å²) in [5, 5.41) is 9.12. The Morgan fingerprint density at radius 2 is 1.74 bits per heavy atom. The van der Waals surface area contributed by atoms with Crippen LogP contribution >= 0.6 is 0 Å². The molecule has 19 heavy (non-hydrogen) atoms. The van der Waals surface area contributed by atoms with Crippen molar-refractivity contribution >= 4 is 5.97 Å². The molecule has 0 heterocycles. The minimum absolute atomic E-state index is 0.262. The molecular formula is C16H16O3. The summed E-state index contributed by atoms with van der Waals surface area (Å²) in [6, 6.07) is 10.9. The molecule has 1 N–H and O–H groups in total. The maximum Gasteiger partial charge on any atom is 0.335 e. The largest absolute Gasteiger partial charge is 0.496 e. The third-order valence-electron chi connectivity index (χ3n) is 3.20. The van der Waals surface area contributed by atoms with E-state index in [1.54, 1.807) is 25.3 Å². The average Bonchev–Trinajstić information content (AvgIpc) is 2.38. The van der Waals surface area contributed by atoms with Crippen LogP contribution in [-0.4, -0.2) is 18.2 Å². The molecule has 0 aliphatic rings. The van der Waals surface area contributed by atoms with E-state index in [1.165, 1.54) is 0 Å². The first-order valence-corrected chi connectivity index (χ1v) is 6.02. The second kappa shape index (κ2) is 5.14. The van der Waals surface area contributed by atoms with Gasteiger partial charge in [-0.2, -0.15) is 0 Å². The van der Waals surface area contributed by atoms with Crippen molar-refractivity contribution in [1.82, 2.24) is 0 Å². The lowest BCUT2D eigenvalue weighted by Gasteiger charge is -2.14. The summed E-state index contributed by atoms with van der Waals surface area (Å²) in [6.07, 6.45) is 0. The molecule has 0 saturated carbocycles. The fraction of sp³-hybridized carbons (Fsp3) is 0.188. The molecule has 2 rings (SSSR count). The van der Waals surface area contributed by atoms with Gasteiger partial charge < -0.3 is 9.84 Å². The standard InChI is InChI=1S/C16H16O3/c1-10-5-4-6-11(2)15(10)13-9-12(16(17)18)7-8-14(13)19-3/h4-9H,1-3H3,(H,17,18). The summed E-state index contributed by atoms with van der Waals surface area (Å²) in [5.74, 6) is -0.252. The molecule has 0 radical (unpaired) electrons. The zero-order valence-corrected chi connectivity index (χ0v) is 11.2. The van der Waals surface area contributed by atoms with Crippen molar-refractivity contribution in [2.24, 2.45) is 0 Å². The topological polar surface area (TPSA) is 46.5 Å². The molecule has 0 unspecified atom stereocenters. The molecule has 0 aliphatic heterocycles. The number of aryl methyl sites for hydroxylation is 2. The number of rotatable bonds is 3. The summed E-state index contributed by atoms with van der Waals surface area (Å²) in [4.78, 5) is 11.1. The summed E-state index contributed by atoms with van der Waals surface area (Å²) in [6.45, 7) is 4.02. The second-order valence-corrected chi connectivity index (χ2v) is 4.49. The molecule has 0 fully saturated rings. The predicted octanol–water partition coefficient (Wildman–Crippen LogP) is 3.68. The Kier molecular flexibility index (Phi) is 3.56. The zero-order valence-electron chi connectivity index (χ0n) is 11.2. The monoisotopic (exact) mass is 256 g/mol. The van der Waals surface area contributed by atoms with Crippen molar-refractivity contribution in [3.63, 3.8) is 0 Å². The molecule has 0 amide bonds. The van der Waals surface area contributed by atoms with Crippen LogP contribution in [0.3, 0.4) is 0 Å². The van der Waals surface area contributed by atoms with E-state index >= 15 is 0 Å². The molecule has 3 nitrogen and oxygen atoms in total. The third kappa shape index (κ3) is 2.45. The van der Waals surface area contributed by atoms with Crippen LogP contribution in [0.4, 0.5) is 0 Å². The van der Waals surface area contributed by atoms with E-state index in [9.17, 15) is 4.79 Å². The van der Waals surface area contributed by atoms with Crippen molar-refractivity contribution in [2.45, 2.75) is 13.8 Å². The minimum Gasteiger partial charge on any atom is -0.496 e. The Morgan fingerprint density at radius 3 is 2.26 bits per heavy atom. The molecular weight excluding hydrogens is 240 g/mol. The summed E-state index contributed by atoms with van der Waals surface area (Å²) < 4.78 is 5.35. The second-order valence-electron chi connectivity index (χ2n) is 4.49. The molecule has 2 aromatic rings. The van der Waals surface area contributed by atoms with Gasteiger partial charge >= 0.3 is 5.97 Å². The Balaban J connectivity index is 2.72. The summed E-state index contributed by atoms with van der Waals surface area (Å²) >= 11 is 0. The number of hydrogen-bond donors (Lipinski definition) is 1. The van der Waals surface area contributed by atoms with E-state index < -0.39 is 5.97 Å². The average molecular weight is 256 g/mol. The van der Waals surface area contributed by atoms with E-state index in [0.29, 0.717) is 5.75 Å². The quantitative estimate of drug-likeness (QED) is 0.911. The van der Waals surface area contributed by atoms with Crippen LogP contribution in [0.2, 0.25) is 0 Å². The number of methoxy groups -OCH3 is 1. The number of ether oxygens (including phenoxy) is 1. The van der Waals surface area contributed by atoms with Crippen LogP contribution < -0.4 is 4.74 Å². The van der Waals surface area contributed by atoms with Gasteiger partial charge in [0.1, 0.15) is 5.75 Å². The first kappa shape index (κ1) is 13.1. The summed E-state index contributed by atoms with van der Waals surface area (Å²) in [7, 11) is 1.59. The predicted molar refractivity (Wildman–Crippen MR) is 74.9 cm³/mol. The molecule has 0 spiro atoms. The smallest absolute Gasteiger partial charge is 0.335 e. The van der Waals surface area contributed by atoms with E-state index in [0.717, 1.165) is 22.3 Å². The number of benzene rings is 2. The van der Waals surface area contributed by atoms with Crippen molar-refractivity contribution in [1.29, 1.82) is 0 Å². The molecule has 0 aliphatic carbocycles. The van der Waals surface area contributed by atoms with Crippen molar-refractivity contribution in [3.05, 3.63) is 53.1 Å². The number of aromatic carboxylic acids is 1. The highest BCUT2D eigenvalue weighted by atomic mass is 16.5. The van der Waals surface area contributed by atoms with Gasteiger partial charge in [0.15, 0.2) is 0 Å². The van der Waals surface area contributed by atoms with Crippen molar-refractivity contribution in [2.75, 3.05) is 7.11 Å². The van der Waals surface area contributed by atoms with Crippen LogP contribution in [0.1, 0.15) is 21.5 Å². The van der Waals surface area contributed by atoms with E-state index in [-0.39, 0.29) is 5.56 Å². The lowest BCUT2D eigenvalue weighted by Crippen LogP contribution is -1.99. The van der Waals surface area contributed by atoms with Gasteiger partial charge in [0, 0.05) is 5.56 Å². The molecule has 0 bridgehead atoms. The van der Waals surface area contributed by atoms with Crippen molar-refractivity contribution < 1.29 is 14.6 Å². The SMILES string of the molecule is COc1ccc(C(=O)O)cc1-c1c(C)cccc1C. The van der Waals surface area contributed by atoms with Gasteiger partial charge in [0.25, 0.3) is 0 Å². The number of carboxylic acid groups (broad SMARTS) is 1. The van der Waals surface area contributed by atoms with Crippen LogP contribution in [0, 0.1) is 13.8 Å². The molecule has 0 saturated heterocycles. The Labute approximate surface area is 112 Å². The van der Waals surface area contributed by atoms with Crippen LogP contribution in [0.25, 0.3) is 11.1 Å². The van der Waals surface area contributed by atoms with Gasteiger partial charge in [-0.15, -0.1) is 0 Å². The molecule has 2 aromatic carbocycles. The van der Waals surface area contributed by atoms with Gasteiger partial charge in [0.05, 0.1) is 12.7 Å². The fourth-order valence-corrected chi connectivity index (χ4v) is 2.28. The molecule has 3 heteroatoms. The number of hydrogen-bond acceptors (Lipinski definition) is 2. The first-order valence-electron chi connectivity index (χ1n) is 6.02. The summed E-state index contributed by atoms with van der Waals surface area (Å²) in [5.41, 5.74) is 4.31. The number of carboxylic acids is 1. The third-order valence-corrected chi connectivity index (χ3v) is 3.20. The minimum atomic E-state index is -0.935. The van der Waals surface area contributed by atoms with Gasteiger partial charge in [-0.25, -0.2) is 4.79 Å². The first-order chi connectivity index (χ1) is 9.04. The normalized spacial score (nSPS) is 10.3. The van der Waals surface area contributed by atoms with Crippen LogP contribution in [0.5, 0.6) is 5.75 Å². The van der Waals surface area contributed by atoms with Crippen molar-refractivity contribution in [3.8, 4) is 16.9 Å². The number of carbonyl (C=O) groups is 1.